The first-order valence-electron chi connectivity index (χ1n) is 11.5. The predicted molar refractivity (Wildman–Crippen MR) is 130 cm³/mol. The van der Waals surface area contributed by atoms with E-state index in [9.17, 15) is 8.42 Å². The third kappa shape index (κ3) is 6.30. The second-order valence-electron chi connectivity index (χ2n) is 8.25. The van der Waals surface area contributed by atoms with Gasteiger partial charge in [-0.05, 0) is 49.1 Å². The maximum Gasteiger partial charge on any atom is 0.262 e. The van der Waals surface area contributed by atoms with Crippen LogP contribution in [-0.2, 0) is 16.4 Å². The number of aryl methyl sites for hydroxylation is 1. The Morgan fingerprint density at radius 2 is 1.52 bits per heavy atom. The quantitative estimate of drug-likeness (QED) is 0.309. The zero-order chi connectivity index (χ0) is 22.1. The smallest absolute Gasteiger partial charge is 0.262 e. The number of aromatic nitrogens is 1. The van der Waals surface area contributed by atoms with E-state index in [1.807, 2.05) is 37.3 Å². The second kappa shape index (κ2) is 11.3. The zero-order valence-corrected chi connectivity index (χ0v) is 19.5. The van der Waals surface area contributed by atoms with Crippen molar-refractivity contribution in [3.8, 4) is 0 Å². The molecule has 1 N–H and O–H groups in total. The van der Waals surface area contributed by atoms with E-state index in [0.29, 0.717) is 16.1 Å². The summed E-state index contributed by atoms with van der Waals surface area (Å²) in [6.07, 6.45) is 12.7. The van der Waals surface area contributed by atoms with Crippen LogP contribution >= 0.6 is 0 Å². The minimum Gasteiger partial charge on any atom is -0.277 e. The summed E-state index contributed by atoms with van der Waals surface area (Å²) in [5, 5.41) is 0.905. The maximum absolute atomic E-state index is 13.2. The molecule has 0 amide bonds. The number of pyridine rings is 1. The van der Waals surface area contributed by atoms with Gasteiger partial charge in [0.1, 0.15) is 0 Å². The van der Waals surface area contributed by atoms with Crippen LogP contribution in [0.2, 0.25) is 0 Å². The average Bonchev–Trinajstić information content (AvgIpc) is 2.76. The van der Waals surface area contributed by atoms with E-state index in [1.165, 1.54) is 44.9 Å². The van der Waals surface area contributed by atoms with Gasteiger partial charge in [0.15, 0.2) is 0 Å². The summed E-state index contributed by atoms with van der Waals surface area (Å²) in [7, 11) is -3.70. The number of hydrogen-bond donors (Lipinski definition) is 1. The van der Waals surface area contributed by atoms with Gasteiger partial charge in [-0.2, -0.15) is 0 Å². The molecule has 0 spiro atoms. The summed E-state index contributed by atoms with van der Waals surface area (Å²) >= 11 is 0. The molecule has 0 radical (unpaired) electrons. The summed E-state index contributed by atoms with van der Waals surface area (Å²) < 4.78 is 29.1. The Morgan fingerprint density at radius 1 is 0.839 bits per heavy atom. The average molecular weight is 439 g/mol. The predicted octanol–water partition coefficient (Wildman–Crippen LogP) is 7.03. The molecule has 0 unspecified atom stereocenters. The third-order valence-corrected chi connectivity index (χ3v) is 7.37. The van der Waals surface area contributed by atoms with Crippen LogP contribution in [0.4, 0.5) is 5.69 Å². The number of unbranched alkanes of at least 4 members (excludes halogenated alkanes) is 7. The van der Waals surface area contributed by atoms with Crippen molar-refractivity contribution < 1.29 is 8.42 Å². The maximum atomic E-state index is 13.2. The van der Waals surface area contributed by atoms with E-state index in [2.05, 4.69) is 22.7 Å². The molecule has 3 aromatic rings. The summed E-state index contributed by atoms with van der Waals surface area (Å²) in [5.41, 5.74) is 3.11. The molecule has 0 aliphatic rings. The zero-order valence-electron chi connectivity index (χ0n) is 18.7. The lowest BCUT2D eigenvalue weighted by Gasteiger charge is -2.14. The third-order valence-electron chi connectivity index (χ3n) is 5.86. The Bertz CT molecular complexity index is 1090. The van der Waals surface area contributed by atoms with Gasteiger partial charge in [0.05, 0.1) is 16.1 Å². The molecule has 0 aliphatic heterocycles. The highest BCUT2D eigenvalue weighted by Crippen LogP contribution is 2.26. The van der Waals surface area contributed by atoms with Gasteiger partial charge in [-0.25, -0.2) is 8.42 Å². The molecular formula is C26H34N2O2S. The van der Waals surface area contributed by atoms with Gasteiger partial charge in [-0.15, -0.1) is 0 Å². The molecule has 31 heavy (non-hydrogen) atoms. The van der Waals surface area contributed by atoms with Crippen LogP contribution in [0, 0.1) is 6.92 Å². The molecule has 0 aliphatic carbocycles. The van der Waals surface area contributed by atoms with Crippen LogP contribution in [-0.4, -0.2) is 13.4 Å². The van der Waals surface area contributed by atoms with Gasteiger partial charge in [-0.3, -0.25) is 9.71 Å². The molecule has 2 aromatic carbocycles. The number of fused-ring (bicyclic) bond motifs is 1. The highest BCUT2D eigenvalue weighted by atomic mass is 32.2. The summed E-state index contributed by atoms with van der Waals surface area (Å²) in [6.45, 7) is 4.15. The largest absolute Gasteiger partial charge is 0.277 e. The van der Waals surface area contributed by atoms with Crippen molar-refractivity contribution in [2.24, 2.45) is 0 Å². The first kappa shape index (κ1) is 23.3. The lowest BCUT2D eigenvalue weighted by molar-refractivity contribution is 0.575. The summed E-state index contributed by atoms with van der Waals surface area (Å²) in [6, 6.07) is 14.9. The Kier molecular flexibility index (Phi) is 8.47. The van der Waals surface area contributed by atoms with Gasteiger partial charge >= 0.3 is 0 Å². The number of anilines is 1. The van der Waals surface area contributed by atoms with Crippen LogP contribution in [0.3, 0.4) is 0 Å². The number of rotatable bonds is 12. The monoisotopic (exact) mass is 438 g/mol. The van der Waals surface area contributed by atoms with Crippen LogP contribution in [0.25, 0.3) is 10.9 Å². The number of nitrogens with zero attached hydrogens (tertiary/aromatic N) is 1. The van der Waals surface area contributed by atoms with E-state index in [-0.39, 0.29) is 0 Å². The minimum atomic E-state index is -3.70. The molecule has 3 rings (SSSR count). The standard InChI is InChI=1S/C26H34N2O2S/c1-3-4-5-6-7-8-9-10-14-22-15-12-19-25(21(22)2)31(29,30)28-24-18-11-16-23-17-13-20-27-26(23)24/h11-13,15-20,28H,3-10,14H2,1-2H3. The van der Waals surface area contributed by atoms with Crippen molar-refractivity contribution in [2.45, 2.75) is 76.5 Å². The van der Waals surface area contributed by atoms with E-state index >= 15 is 0 Å². The Hall–Kier alpha value is -2.40. The molecule has 5 heteroatoms. The van der Waals surface area contributed by atoms with Gasteiger partial charge in [0, 0.05) is 11.6 Å². The molecule has 0 saturated heterocycles. The Labute approximate surface area is 187 Å². The van der Waals surface area contributed by atoms with Crippen LogP contribution in [0.1, 0.15) is 69.4 Å². The van der Waals surface area contributed by atoms with Crippen molar-refractivity contribution in [1.82, 2.24) is 4.98 Å². The molecule has 166 valence electrons. The molecule has 0 fully saturated rings. The van der Waals surface area contributed by atoms with Crippen LogP contribution in [0.5, 0.6) is 0 Å². The minimum absolute atomic E-state index is 0.345. The van der Waals surface area contributed by atoms with Crippen molar-refractivity contribution in [3.63, 3.8) is 0 Å². The van der Waals surface area contributed by atoms with Gasteiger partial charge in [0.2, 0.25) is 0 Å². The van der Waals surface area contributed by atoms with E-state index < -0.39 is 10.0 Å². The molecule has 1 heterocycles. The normalized spacial score (nSPS) is 11.7. The fourth-order valence-electron chi connectivity index (χ4n) is 4.06. The van der Waals surface area contributed by atoms with E-state index in [0.717, 1.165) is 29.4 Å². The first-order chi connectivity index (χ1) is 15.0. The SMILES string of the molecule is CCCCCCCCCCc1cccc(S(=O)(=O)Nc2cccc3cccnc23)c1C. The molecular weight excluding hydrogens is 404 g/mol. The number of hydrogen-bond acceptors (Lipinski definition) is 3. The molecule has 0 saturated carbocycles. The molecule has 4 nitrogen and oxygen atoms in total. The fourth-order valence-corrected chi connectivity index (χ4v) is 5.41. The van der Waals surface area contributed by atoms with Gasteiger partial charge in [0.25, 0.3) is 10.0 Å². The molecule has 0 bridgehead atoms. The number of para-hydroxylation sites is 1. The van der Waals surface area contributed by atoms with Gasteiger partial charge < -0.3 is 0 Å². The molecule has 0 atom stereocenters. The van der Waals surface area contributed by atoms with Gasteiger partial charge in [-0.1, -0.05) is 82.2 Å². The van der Waals surface area contributed by atoms with E-state index in [1.54, 1.807) is 18.3 Å². The summed E-state index contributed by atoms with van der Waals surface area (Å²) in [4.78, 5) is 4.70. The first-order valence-corrected chi connectivity index (χ1v) is 13.0. The van der Waals surface area contributed by atoms with Crippen molar-refractivity contribution >= 4 is 26.6 Å². The highest BCUT2D eigenvalue weighted by molar-refractivity contribution is 7.92. The van der Waals surface area contributed by atoms with Crippen LogP contribution in [0.15, 0.2) is 59.6 Å². The summed E-state index contributed by atoms with van der Waals surface area (Å²) in [5.74, 6) is 0. The number of nitrogens with one attached hydrogen (secondary N) is 1. The number of benzene rings is 2. The lowest BCUT2D eigenvalue weighted by atomic mass is 10.0. The lowest BCUT2D eigenvalue weighted by Crippen LogP contribution is -2.15. The number of sulfonamides is 1. The molecule has 1 aromatic heterocycles. The van der Waals surface area contributed by atoms with Crippen molar-refractivity contribution in [1.29, 1.82) is 0 Å². The van der Waals surface area contributed by atoms with Crippen molar-refractivity contribution in [3.05, 3.63) is 65.9 Å². The highest BCUT2D eigenvalue weighted by Gasteiger charge is 2.19. The van der Waals surface area contributed by atoms with E-state index in [4.69, 9.17) is 0 Å². The topological polar surface area (TPSA) is 59.1 Å². The second-order valence-corrected chi connectivity index (χ2v) is 9.90. The van der Waals surface area contributed by atoms with Crippen LogP contribution < -0.4 is 4.72 Å². The van der Waals surface area contributed by atoms with Crippen molar-refractivity contribution in [2.75, 3.05) is 4.72 Å². The fraction of sp³-hybridized carbons (Fsp3) is 0.423. The Morgan fingerprint density at radius 3 is 2.29 bits per heavy atom. The Balaban J connectivity index is 1.65.